The van der Waals surface area contributed by atoms with Crippen LogP contribution in [0.4, 0.5) is 5.69 Å². The van der Waals surface area contributed by atoms with Crippen LogP contribution in [0.2, 0.25) is 0 Å². The first kappa shape index (κ1) is 15.0. The Balaban J connectivity index is 2.44. The van der Waals surface area contributed by atoms with Gasteiger partial charge in [0.15, 0.2) is 0 Å². The molecular formula is C14H15BrN2O2S. The van der Waals surface area contributed by atoms with Crippen LogP contribution in [0.5, 0.6) is 0 Å². The Bertz CT molecular complexity index is 730. The van der Waals surface area contributed by atoms with Gasteiger partial charge in [-0.25, -0.2) is 8.42 Å². The standard InChI is InChI=1S/C14H15BrN2O2S/c1-10-5-4-7-12(14(10)15)17-20(18,19)13-8-3-2-6-11(13)9-16/h2-8,17H,9,16H2,1H3. The van der Waals surface area contributed by atoms with Crippen molar-refractivity contribution >= 4 is 31.6 Å². The minimum absolute atomic E-state index is 0.173. The molecule has 0 spiro atoms. The highest BCUT2D eigenvalue weighted by Crippen LogP contribution is 2.28. The third-order valence-corrected chi connectivity index (χ3v) is 5.44. The summed E-state index contributed by atoms with van der Waals surface area (Å²) in [5.41, 5.74) is 7.65. The van der Waals surface area contributed by atoms with Crippen LogP contribution in [0.3, 0.4) is 0 Å². The van der Waals surface area contributed by atoms with E-state index in [1.54, 1.807) is 36.4 Å². The molecule has 0 saturated heterocycles. The van der Waals surface area contributed by atoms with Crippen LogP contribution in [0.15, 0.2) is 51.8 Å². The zero-order valence-electron chi connectivity index (χ0n) is 10.9. The minimum Gasteiger partial charge on any atom is -0.326 e. The largest absolute Gasteiger partial charge is 0.326 e. The number of nitrogens with two attached hydrogens (primary N) is 1. The van der Waals surface area contributed by atoms with Crippen LogP contribution < -0.4 is 10.5 Å². The summed E-state index contributed by atoms with van der Waals surface area (Å²) in [4.78, 5) is 0.205. The van der Waals surface area contributed by atoms with Gasteiger partial charge in [-0.2, -0.15) is 0 Å². The smallest absolute Gasteiger partial charge is 0.262 e. The van der Waals surface area contributed by atoms with Crippen molar-refractivity contribution in [2.75, 3.05) is 4.72 Å². The summed E-state index contributed by atoms with van der Waals surface area (Å²) >= 11 is 3.39. The molecule has 0 aliphatic heterocycles. The molecule has 3 N–H and O–H groups in total. The SMILES string of the molecule is Cc1cccc(NS(=O)(=O)c2ccccc2CN)c1Br. The van der Waals surface area contributed by atoms with Gasteiger partial charge in [0, 0.05) is 11.0 Å². The van der Waals surface area contributed by atoms with Crippen molar-refractivity contribution in [3.63, 3.8) is 0 Å². The van der Waals surface area contributed by atoms with E-state index < -0.39 is 10.0 Å². The van der Waals surface area contributed by atoms with E-state index in [4.69, 9.17) is 5.73 Å². The van der Waals surface area contributed by atoms with Crippen molar-refractivity contribution in [3.05, 3.63) is 58.1 Å². The summed E-state index contributed by atoms with van der Waals surface area (Å²) in [6.45, 7) is 2.07. The van der Waals surface area contributed by atoms with Crippen LogP contribution in [-0.2, 0) is 16.6 Å². The summed E-state index contributed by atoms with van der Waals surface area (Å²) in [5, 5.41) is 0. The number of benzene rings is 2. The first-order valence-corrected chi connectivity index (χ1v) is 8.29. The minimum atomic E-state index is -3.66. The van der Waals surface area contributed by atoms with Crippen molar-refractivity contribution in [2.45, 2.75) is 18.4 Å². The van der Waals surface area contributed by atoms with E-state index in [1.165, 1.54) is 0 Å². The summed E-state index contributed by atoms with van der Waals surface area (Å²) in [5.74, 6) is 0. The second kappa shape index (κ2) is 5.95. The first-order valence-electron chi connectivity index (χ1n) is 6.01. The summed E-state index contributed by atoms with van der Waals surface area (Å²) in [6.07, 6.45) is 0. The van der Waals surface area contributed by atoms with E-state index in [2.05, 4.69) is 20.7 Å². The molecule has 2 rings (SSSR count). The molecule has 0 fully saturated rings. The molecule has 2 aromatic rings. The zero-order valence-corrected chi connectivity index (χ0v) is 13.3. The van der Waals surface area contributed by atoms with Gasteiger partial charge in [0.25, 0.3) is 10.0 Å². The fourth-order valence-corrected chi connectivity index (χ4v) is 3.68. The van der Waals surface area contributed by atoms with Crippen LogP contribution >= 0.6 is 15.9 Å². The number of hydrogen-bond acceptors (Lipinski definition) is 3. The summed E-state index contributed by atoms with van der Waals surface area (Å²) in [6, 6.07) is 12.1. The number of rotatable bonds is 4. The van der Waals surface area contributed by atoms with Gasteiger partial charge in [-0.15, -0.1) is 0 Å². The lowest BCUT2D eigenvalue weighted by atomic mass is 10.2. The van der Waals surface area contributed by atoms with E-state index >= 15 is 0 Å². The van der Waals surface area contributed by atoms with Crippen molar-refractivity contribution in [1.82, 2.24) is 0 Å². The number of sulfonamides is 1. The van der Waals surface area contributed by atoms with Gasteiger partial charge < -0.3 is 5.73 Å². The summed E-state index contributed by atoms with van der Waals surface area (Å²) < 4.78 is 28.2. The Morgan fingerprint density at radius 2 is 1.85 bits per heavy atom. The fraction of sp³-hybridized carbons (Fsp3) is 0.143. The second-order valence-corrected chi connectivity index (χ2v) is 6.80. The maximum atomic E-state index is 12.5. The Hall–Kier alpha value is -1.37. The van der Waals surface area contributed by atoms with E-state index in [9.17, 15) is 8.42 Å². The fourth-order valence-electron chi connectivity index (χ4n) is 1.86. The van der Waals surface area contributed by atoms with Gasteiger partial charge in [-0.1, -0.05) is 30.3 Å². The average Bonchev–Trinajstić information content (AvgIpc) is 2.43. The highest BCUT2D eigenvalue weighted by Gasteiger charge is 2.18. The zero-order chi connectivity index (χ0) is 14.8. The van der Waals surface area contributed by atoms with Gasteiger partial charge >= 0.3 is 0 Å². The number of halogens is 1. The maximum absolute atomic E-state index is 12.5. The normalized spacial score (nSPS) is 11.3. The third kappa shape index (κ3) is 3.03. The van der Waals surface area contributed by atoms with Gasteiger partial charge in [0.05, 0.1) is 10.6 Å². The molecule has 0 aromatic heterocycles. The lowest BCUT2D eigenvalue weighted by molar-refractivity contribution is 0.600. The van der Waals surface area contributed by atoms with E-state index in [-0.39, 0.29) is 11.4 Å². The molecule has 0 unspecified atom stereocenters. The third-order valence-electron chi connectivity index (χ3n) is 2.92. The molecule has 2 aromatic carbocycles. The first-order chi connectivity index (χ1) is 9.45. The highest BCUT2D eigenvalue weighted by molar-refractivity contribution is 9.10. The molecule has 20 heavy (non-hydrogen) atoms. The van der Waals surface area contributed by atoms with Crippen molar-refractivity contribution in [1.29, 1.82) is 0 Å². The van der Waals surface area contributed by atoms with E-state index in [0.717, 1.165) is 10.0 Å². The Morgan fingerprint density at radius 1 is 1.15 bits per heavy atom. The Kier molecular flexibility index (Phi) is 4.47. The van der Waals surface area contributed by atoms with Crippen molar-refractivity contribution < 1.29 is 8.42 Å². The molecule has 106 valence electrons. The molecule has 6 heteroatoms. The summed E-state index contributed by atoms with van der Waals surface area (Å²) in [7, 11) is -3.66. The number of nitrogens with one attached hydrogen (secondary N) is 1. The van der Waals surface area contributed by atoms with Crippen molar-refractivity contribution in [2.24, 2.45) is 5.73 Å². The molecule has 0 bridgehead atoms. The molecule has 0 amide bonds. The highest BCUT2D eigenvalue weighted by atomic mass is 79.9. The molecule has 0 heterocycles. The average molecular weight is 355 g/mol. The van der Waals surface area contributed by atoms with Gasteiger partial charge in [0.1, 0.15) is 0 Å². The van der Waals surface area contributed by atoms with Crippen LogP contribution in [0, 0.1) is 6.92 Å². The lowest BCUT2D eigenvalue weighted by Crippen LogP contribution is -2.16. The van der Waals surface area contributed by atoms with Gasteiger partial charge in [-0.05, 0) is 46.1 Å². The van der Waals surface area contributed by atoms with E-state index in [0.29, 0.717) is 11.3 Å². The quantitative estimate of drug-likeness (QED) is 0.886. The molecule has 0 aliphatic rings. The monoisotopic (exact) mass is 354 g/mol. The molecule has 0 aliphatic carbocycles. The number of anilines is 1. The van der Waals surface area contributed by atoms with Crippen LogP contribution in [0.25, 0.3) is 0 Å². The number of aryl methyl sites for hydroxylation is 1. The molecular weight excluding hydrogens is 340 g/mol. The van der Waals surface area contributed by atoms with Crippen LogP contribution in [-0.4, -0.2) is 8.42 Å². The molecule has 4 nitrogen and oxygen atoms in total. The maximum Gasteiger partial charge on any atom is 0.262 e. The Labute approximate surface area is 127 Å². The molecule has 0 saturated carbocycles. The van der Waals surface area contributed by atoms with Gasteiger partial charge in [0.2, 0.25) is 0 Å². The lowest BCUT2D eigenvalue weighted by Gasteiger charge is -2.13. The van der Waals surface area contributed by atoms with E-state index in [1.807, 2.05) is 13.0 Å². The molecule has 0 atom stereocenters. The predicted octanol–water partition coefficient (Wildman–Crippen LogP) is 3.02. The van der Waals surface area contributed by atoms with Gasteiger partial charge in [-0.3, -0.25) is 4.72 Å². The number of hydrogen-bond donors (Lipinski definition) is 2. The second-order valence-electron chi connectivity index (χ2n) is 4.35. The Morgan fingerprint density at radius 3 is 2.55 bits per heavy atom. The topological polar surface area (TPSA) is 72.2 Å². The molecule has 0 radical (unpaired) electrons. The van der Waals surface area contributed by atoms with Crippen LogP contribution in [0.1, 0.15) is 11.1 Å². The van der Waals surface area contributed by atoms with Crippen molar-refractivity contribution in [3.8, 4) is 0 Å². The predicted molar refractivity (Wildman–Crippen MR) is 84.0 cm³/mol.